The summed E-state index contributed by atoms with van der Waals surface area (Å²) in [4.78, 5) is 40.6. The van der Waals surface area contributed by atoms with Crippen LogP contribution in [-0.4, -0.2) is 39.2 Å². The number of rotatable bonds is 7. The number of carbonyl (C=O) groups excluding carboxylic acids is 2. The molecule has 172 valence electrons. The van der Waals surface area contributed by atoms with Crippen LogP contribution in [0.4, 0.5) is 10.5 Å². The highest BCUT2D eigenvalue weighted by Gasteiger charge is 2.39. The molecule has 0 saturated carbocycles. The molecule has 0 unspecified atom stereocenters. The van der Waals surface area contributed by atoms with Gasteiger partial charge in [-0.1, -0.05) is 42.3 Å². The summed E-state index contributed by atoms with van der Waals surface area (Å²) in [6.45, 7) is 6.75. The lowest BCUT2D eigenvalue weighted by Crippen LogP contribution is -2.56. The number of ether oxygens (including phenoxy) is 1. The summed E-state index contributed by atoms with van der Waals surface area (Å²) in [6, 6.07) is 6.56. The number of nitrogens with zero attached hydrogens (tertiary/aromatic N) is 1. The quantitative estimate of drug-likeness (QED) is 0.515. The molecule has 0 aliphatic heterocycles. The van der Waals surface area contributed by atoms with E-state index < -0.39 is 29.1 Å². The Hall–Kier alpha value is -2.84. The van der Waals surface area contributed by atoms with Gasteiger partial charge in [-0.3, -0.25) is 9.78 Å². The number of amides is 2. The number of benzene rings is 1. The van der Waals surface area contributed by atoms with Crippen molar-refractivity contribution in [3.05, 3.63) is 57.8 Å². The maximum atomic E-state index is 12.5. The van der Waals surface area contributed by atoms with E-state index in [0.29, 0.717) is 11.3 Å². The number of pyridine rings is 1. The molecule has 0 bridgehead atoms. The summed E-state index contributed by atoms with van der Waals surface area (Å²) < 4.78 is 5.22. The van der Waals surface area contributed by atoms with Gasteiger partial charge in [-0.15, -0.1) is 0 Å². The lowest BCUT2D eigenvalue weighted by molar-refractivity contribution is -0.145. The summed E-state index contributed by atoms with van der Waals surface area (Å²) in [5.74, 6) is -1.68. The first-order chi connectivity index (χ1) is 14.9. The molecule has 2 rings (SSSR count). The minimum atomic E-state index is -1.55. The zero-order chi connectivity index (χ0) is 24.1. The Morgan fingerprint density at radius 1 is 1.06 bits per heavy atom. The van der Waals surface area contributed by atoms with E-state index in [0.717, 1.165) is 0 Å². The Morgan fingerprint density at radius 3 is 2.09 bits per heavy atom. The Bertz CT molecular complexity index is 985. The van der Waals surface area contributed by atoms with Crippen LogP contribution in [0.5, 0.6) is 0 Å². The third-order valence-corrected chi connectivity index (χ3v) is 5.12. The van der Waals surface area contributed by atoms with Gasteiger partial charge in [-0.2, -0.15) is 0 Å². The molecule has 0 aliphatic carbocycles. The van der Waals surface area contributed by atoms with Crippen molar-refractivity contribution in [2.75, 3.05) is 5.32 Å². The van der Waals surface area contributed by atoms with Crippen LogP contribution >= 0.6 is 23.2 Å². The van der Waals surface area contributed by atoms with Crippen LogP contribution in [-0.2, 0) is 16.0 Å². The lowest BCUT2D eigenvalue weighted by Gasteiger charge is -2.31. The average Bonchev–Trinajstić information content (AvgIpc) is 2.67. The molecular weight excluding hydrogens is 457 g/mol. The number of anilines is 1. The molecule has 0 saturated heterocycles. The van der Waals surface area contributed by atoms with E-state index in [1.165, 1.54) is 12.4 Å². The number of aromatic nitrogens is 1. The Labute approximate surface area is 196 Å². The Morgan fingerprint density at radius 2 is 1.62 bits per heavy atom. The van der Waals surface area contributed by atoms with Gasteiger partial charge in [0.05, 0.1) is 15.6 Å². The molecule has 0 fully saturated rings. The fraction of sp³-hybridized carbons (Fsp3) is 0.364. The minimum Gasteiger partial charge on any atom is -0.479 e. The number of hydrogen-bond donors (Lipinski definition) is 3. The van der Waals surface area contributed by atoms with Crippen molar-refractivity contribution in [3.8, 4) is 0 Å². The normalized spacial score (nSPS) is 13.1. The molecule has 0 aliphatic rings. The average molecular weight is 482 g/mol. The Kier molecular flexibility index (Phi) is 8.09. The molecular formula is C22H25Cl2N3O5. The van der Waals surface area contributed by atoms with Gasteiger partial charge in [-0.05, 0) is 44.9 Å². The predicted molar refractivity (Wildman–Crippen MR) is 122 cm³/mol. The van der Waals surface area contributed by atoms with Crippen LogP contribution in [0.1, 0.15) is 50.0 Å². The van der Waals surface area contributed by atoms with E-state index in [4.69, 9.17) is 27.9 Å². The highest BCUT2D eigenvalue weighted by atomic mass is 35.5. The first kappa shape index (κ1) is 25.4. The molecule has 2 aromatic rings. The van der Waals surface area contributed by atoms with Crippen molar-refractivity contribution in [3.63, 3.8) is 0 Å². The highest BCUT2D eigenvalue weighted by Crippen LogP contribution is 2.25. The summed E-state index contributed by atoms with van der Waals surface area (Å²) in [5.41, 5.74) is -1.11. The molecule has 0 radical (unpaired) electrons. The second kappa shape index (κ2) is 10.2. The van der Waals surface area contributed by atoms with E-state index in [-0.39, 0.29) is 28.5 Å². The number of halogens is 2. The largest absolute Gasteiger partial charge is 0.479 e. The summed E-state index contributed by atoms with van der Waals surface area (Å²) in [5, 5.41) is 15.2. The number of hydrogen-bond acceptors (Lipinski definition) is 5. The van der Waals surface area contributed by atoms with Crippen molar-refractivity contribution >= 4 is 46.9 Å². The maximum Gasteiger partial charge on any atom is 0.408 e. The van der Waals surface area contributed by atoms with Crippen LogP contribution in [0, 0.1) is 0 Å². The molecule has 2 amide bonds. The number of nitrogens with one attached hydrogen (secondary N) is 2. The van der Waals surface area contributed by atoms with E-state index in [1.807, 2.05) is 0 Å². The van der Waals surface area contributed by atoms with Gasteiger partial charge in [0.2, 0.25) is 0 Å². The molecule has 1 heterocycles. The van der Waals surface area contributed by atoms with Gasteiger partial charge in [0.1, 0.15) is 11.1 Å². The standard InChI is InChI=1S/C22H25Cl2N3O5/c1-5-22(19(29)30,27-20(31)32-21(2,3)4)10-13-6-8-14(9-7-13)26-18(28)17-15(23)11-25-12-16(17)24/h6-9,11-12H,5,10H2,1-4H3,(H,26,28)(H,27,31)(H,29,30)/t22-/m0/s1. The van der Waals surface area contributed by atoms with Crippen LogP contribution in [0.3, 0.4) is 0 Å². The smallest absolute Gasteiger partial charge is 0.408 e. The van der Waals surface area contributed by atoms with Crippen LogP contribution < -0.4 is 10.6 Å². The third-order valence-electron chi connectivity index (χ3n) is 4.55. The number of carboxylic acids is 1. The molecule has 3 N–H and O–H groups in total. The Balaban J connectivity index is 2.17. The number of alkyl carbamates (subject to hydrolysis) is 1. The topological polar surface area (TPSA) is 118 Å². The number of carbonyl (C=O) groups is 3. The van der Waals surface area contributed by atoms with E-state index in [1.54, 1.807) is 52.0 Å². The van der Waals surface area contributed by atoms with Gasteiger partial charge < -0.3 is 20.5 Å². The van der Waals surface area contributed by atoms with Gasteiger partial charge in [-0.25, -0.2) is 9.59 Å². The SMILES string of the molecule is CC[C@@](Cc1ccc(NC(=O)c2c(Cl)cncc2Cl)cc1)(NC(=O)OC(C)(C)C)C(=O)O. The summed E-state index contributed by atoms with van der Waals surface area (Å²) in [7, 11) is 0. The van der Waals surface area contributed by atoms with Crippen molar-refractivity contribution in [2.24, 2.45) is 0 Å². The number of aliphatic carboxylic acids is 1. The zero-order valence-electron chi connectivity index (χ0n) is 18.2. The lowest BCUT2D eigenvalue weighted by atomic mass is 9.88. The van der Waals surface area contributed by atoms with E-state index in [2.05, 4.69) is 15.6 Å². The van der Waals surface area contributed by atoms with E-state index >= 15 is 0 Å². The summed E-state index contributed by atoms with van der Waals surface area (Å²) >= 11 is 12.0. The number of carboxylic acid groups (broad SMARTS) is 1. The molecule has 32 heavy (non-hydrogen) atoms. The van der Waals surface area contributed by atoms with Crippen molar-refractivity contribution < 1.29 is 24.2 Å². The van der Waals surface area contributed by atoms with Gasteiger partial charge in [0.25, 0.3) is 5.91 Å². The zero-order valence-corrected chi connectivity index (χ0v) is 19.7. The van der Waals surface area contributed by atoms with Crippen LogP contribution in [0.25, 0.3) is 0 Å². The van der Waals surface area contributed by atoms with Gasteiger partial charge in [0, 0.05) is 24.5 Å². The minimum absolute atomic E-state index is 0.0221. The molecule has 1 aromatic carbocycles. The molecule has 0 spiro atoms. The van der Waals surface area contributed by atoms with E-state index in [9.17, 15) is 19.5 Å². The maximum absolute atomic E-state index is 12.5. The van der Waals surface area contributed by atoms with Gasteiger partial charge in [0.15, 0.2) is 0 Å². The fourth-order valence-electron chi connectivity index (χ4n) is 2.91. The monoisotopic (exact) mass is 481 g/mol. The second-order valence-corrected chi connectivity index (χ2v) is 8.99. The molecule has 1 atom stereocenters. The predicted octanol–water partition coefficient (Wildman–Crippen LogP) is 4.94. The summed E-state index contributed by atoms with van der Waals surface area (Å²) in [6.07, 6.45) is 1.99. The highest BCUT2D eigenvalue weighted by molar-refractivity contribution is 6.40. The van der Waals surface area contributed by atoms with Crippen LogP contribution in [0.15, 0.2) is 36.7 Å². The fourth-order valence-corrected chi connectivity index (χ4v) is 3.45. The third kappa shape index (κ3) is 6.58. The molecule has 8 nitrogen and oxygen atoms in total. The first-order valence-corrected chi connectivity index (χ1v) is 10.6. The molecule has 10 heteroatoms. The van der Waals surface area contributed by atoms with Crippen molar-refractivity contribution in [1.82, 2.24) is 10.3 Å². The first-order valence-electron chi connectivity index (χ1n) is 9.81. The van der Waals surface area contributed by atoms with Gasteiger partial charge >= 0.3 is 12.1 Å². The van der Waals surface area contributed by atoms with Crippen molar-refractivity contribution in [1.29, 1.82) is 0 Å². The molecule has 1 aromatic heterocycles. The second-order valence-electron chi connectivity index (χ2n) is 8.17. The van der Waals surface area contributed by atoms with Crippen molar-refractivity contribution in [2.45, 2.75) is 51.7 Å². The van der Waals surface area contributed by atoms with Crippen LogP contribution in [0.2, 0.25) is 10.0 Å².